The van der Waals surface area contributed by atoms with E-state index in [1.165, 1.54) is 11.3 Å². The Bertz CT molecular complexity index is 1380. The number of aryl methyl sites for hydroxylation is 1. The van der Waals surface area contributed by atoms with Gasteiger partial charge in [-0.15, -0.1) is 11.3 Å². The highest BCUT2D eigenvalue weighted by Crippen LogP contribution is 2.34. The van der Waals surface area contributed by atoms with Crippen molar-refractivity contribution in [1.29, 1.82) is 0 Å². The van der Waals surface area contributed by atoms with Crippen molar-refractivity contribution in [3.05, 3.63) is 53.2 Å². The molecule has 1 aromatic carbocycles. The molecule has 4 aromatic rings. The number of amides is 2. The molecule has 1 aliphatic heterocycles. The molecule has 2 N–H and O–H groups in total. The number of pyridine rings is 1. The van der Waals surface area contributed by atoms with Crippen molar-refractivity contribution >= 4 is 55.8 Å². The van der Waals surface area contributed by atoms with Gasteiger partial charge in [0.1, 0.15) is 0 Å². The Labute approximate surface area is 195 Å². The molecular formula is C24H25N5O3S. The monoisotopic (exact) mass is 463 g/mol. The van der Waals surface area contributed by atoms with E-state index in [1.54, 1.807) is 24.9 Å². The van der Waals surface area contributed by atoms with E-state index in [4.69, 9.17) is 4.74 Å². The van der Waals surface area contributed by atoms with Gasteiger partial charge < -0.3 is 20.3 Å². The van der Waals surface area contributed by atoms with Crippen LogP contribution in [0.3, 0.4) is 0 Å². The molecule has 1 atom stereocenters. The summed E-state index contributed by atoms with van der Waals surface area (Å²) in [6, 6.07) is 11.5. The third-order valence-corrected chi connectivity index (χ3v) is 7.22. The molecule has 1 saturated heterocycles. The smallest absolute Gasteiger partial charge is 0.325 e. The normalized spacial score (nSPS) is 16.0. The zero-order valence-electron chi connectivity index (χ0n) is 18.7. The van der Waals surface area contributed by atoms with Crippen LogP contribution in [-0.4, -0.2) is 59.7 Å². The van der Waals surface area contributed by atoms with Crippen LogP contribution >= 0.6 is 11.3 Å². The van der Waals surface area contributed by atoms with E-state index in [1.807, 2.05) is 48.2 Å². The number of ether oxygens (including phenoxy) is 1. The summed E-state index contributed by atoms with van der Waals surface area (Å²) in [4.78, 5) is 32.2. The summed E-state index contributed by atoms with van der Waals surface area (Å²) in [6.45, 7) is 3.24. The van der Waals surface area contributed by atoms with E-state index in [2.05, 4.69) is 15.6 Å². The van der Waals surface area contributed by atoms with Gasteiger partial charge in [-0.2, -0.15) is 0 Å². The fourth-order valence-corrected chi connectivity index (χ4v) is 5.42. The second kappa shape index (κ2) is 8.49. The number of benzene rings is 1. The number of carbonyl (C=O) groups is 2. The van der Waals surface area contributed by atoms with Gasteiger partial charge in [-0.05, 0) is 49.7 Å². The molecule has 0 spiro atoms. The number of nitrogens with zero attached hydrogens (tertiary/aromatic N) is 3. The fourth-order valence-electron chi connectivity index (χ4n) is 4.37. The fraction of sp³-hybridized carbons (Fsp3) is 0.292. The third-order valence-electron chi connectivity index (χ3n) is 6.07. The zero-order chi connectivity index (χ0) is 23.1. The van der Waals surface area contributed by atoms with E-state index in [-0.39, 0.29) is 18.0 Å². The molecule has 5 rings (SSSR count). The van der Waals surface area contributed by atoms with Crippen molar-refractivity contribution < 1.29 is 14.3 Å². The van der Waals surface area contributed by atoms with E-state index < -0.39 is 0 Å². The first-order valence-electron chi connectivity index (χ1n) is 10.8. The van der Waals surface area contributed by atoms with Gasteiger partial charge in [0.25, 0.3) is 5.91 Å². The SMILES string of the molecule is CNC(=O)n1c(C)cc2cc(Nc3ccnc4cc(C(=O)N5CC[C@@H](OC)C5)sc34)ccc21. The van der Waals surface area contributed by atoms with Gasteiger partial charge >= 0.3 is 6.03 Å². The second-order valence-corrected chi connectivity index (χ2v) is 9.21. The van der Waals surface area contributed by atoms with E-state index >= 15 is 0 Å². The summed E-state index contributed by atoms with van der Waals surface area (Å²) < 4.78 is 7.99. The summed E-state index contributed by atoms with van der Waals surface area (Å²) in [5.41, 5.74) is 4.29. The number of thiophene rings is 1. The summed E-state index contributed by atoms with van der Waals surface area (Å²) in [5, 5.41) is 7.11. The molecule has 0 aliphatic carbocycles. The number of hydrogen-bond donors (Lipinski definition) is 2. The van der Waals surface area contributed by atoms with Gasteiger partial charge in [-0.1, -0.05) is 0 Å². The number of fused-ring (bicyclic) bond motifs is 2. The lowest BCUT2D eigenvalue weighted by Gasteiger charge is -2.14. The molecule has 3 aromatic heterocycles. The first kappa shape index (κ1) is 21.4. The van der Waals surface area contributed by atoms with Crippen molar-refractivity contribution in [2.24, 2.45) is 0 Å². The summed E-state index contributed by atoms with van der Waals surface area (Å²) >= 11 is 1.45. The molecule has 8 nitrogen and oxygen atoms in total. The highest BCUT2D eigenvalue weighted by molar-refractivity contribution is 7.21. The summed E-state index contributed by atoms with van der Waals surface area (Å²) in [5.74, 6) is 0.0240. The predicted molar refractivity (Wildman–Crippen MR) is 131 cm³/mol. The third kappa shape index (κ3) is 3.83. The average Bonchev–Trinajstić information content (AvgIpc) is 3.54. The van der Waals surface area contributed by atoms with Crippen LogP contribution in [0.1, 0.15) is 21.8 Å². The van der Waals surface area contributed by atoms with Crippen LogP contribution in [0.4, 0.5) is 16.2 Å². The molecule has 0 radical (unpaired) electrons. The van der Waals surface area contributed by atoms with E-state index in [9.17, 15) is 9.59 Å². The molecule has 33 heavy (non-hydrogen) atoms. The second-order valence-electron chi connectivity index (χ2n) is 8.16. The molecule has 170 valence electrons. The highest BCUT2D eigenvalue weighted by Gasteiger charge is 2.28. The van der Waals surface area contributed by atoms with Crippen LogP contribution in [0.5, 0.6) is 0 Å². The number of likely N-dealkylation sites (tertiary alicyclic amines) is 1. The lowest BCUT2D eigenvalue weighted by atomic mass is 10.2. The largest absolute Gasteiger partial charge is 0.380 e. The maximum atomic E-state index is 13.0. The maximum Gasteiger partial charge on any atom is 0.325 e. The van der Waals surface area contributed by atoms with Crippen molar-refractivity contribution in [2.45, 2.75) is 19.4 Å². The summed E-state index contributed by atoms with van der Waals surface area (Å²) in [7, 11) is 3.31. The molecule has 4 heterocycles. The first-order valence-corrected chi connectivity index (χ1v) is 11.6. The number of carbonyl (C=O) groups excluding carboxylic acids is 2. The first-order chi connectivity index (χ1) is 16.0. The van der Waals surface area contributed by atoms with Gasteiger partial charge in [0.2, 0.25) is 0 Å². The van der Waals surface area contributed by atoms with E-state index in [0.29, 0.717) is 18.0 Å². The Hall–Kier alpha value is -3.43. The van der Waals surface area contributed by atoms with Crippen molar-refractivity contribution in [1.82, 2.24) is 19.8 Å². The molecular weight excluding hydrogens is 438 g/mol. The number of nitrogens with one attached hydrogen (secondary N) is 2. The van der Waals surface area contributed by atoms with Crippen molar-refractivity contribution in [3.8, 4) is 0 Å². The molecule has 0 saturated carbocycles. The van der Waals surface area contributed by atoms with Gasteiger partial charge in [-0.3, -0.25) is 14.3 Å². The Morgan fingerprint density at radius 1 is 1.21 bits per heavy atom. The number of anilines is 2. The summed E-state index contributed by atoms with van der Waals surface area (Å²) in [6.07, 6.45) is 2.71. The van der Waals surface area contributed by atoms with Crippen molar-refractivity contribution in [3.63, 3.8) is 0 Å². The van der Waals surface area contributed by atoms with Crippen LogP contribution in [0.15, 0.2) is 42.6 Å². The van der Waals surface area contributed by atoms with Crippen LogP contribution in [0.2, 0.25) is 0 Å². The number of rotatable bonds is 4. The van der Waals surface area contributed by atoms with Gasteiger partial charge in [0, 0.05) is 50.2 Å². The lowest BCUT2D eigenvalue weighted by Crippen LogP contribution is -2.29. The van der Waals surface area contributed by atoms with Crippen molar-refractivity contribution in [2.75, 3.05) is 32.6 Å². The molecule has 9 heteroatoms. The molecule has 0 unspecified atom stereocenters. The van der Waals surface area contributed by atoms with Gasteiger partial charge in [0.05, 0.1) is 32.4 Å². The maximum absolute atomic E-state index is 13.0. The van der Waals surface area contributed by atoms with Gasteiger partial charge in [-0.25, -0.2) is 4.79 Å². The average molecular weight is 464 g/mol. The van der Waals surface area contributed by atoms with Crippen LogP contribution in [0.25, 0.3) is 21.1 Å². The van der Waals surface area contributed by atoms with Crippen LogP contribution < -0.4 is 10.6 Å². The Kier molecular flexibility index (Phi) is 5.51. The molecule has 1 fully saturated rings. The number of hydrogen-bond acceptors (Lipinski definition) is 6. The van der Waals surface area contributed by atoms with Gasteiger partial charge in [0.15, 0.2) is 0 Å². The van der Waals surface area contributed by atoms with Crippen LogP contribution in [-0.2, 0) is 4.74 Å². The van der Waals surface area contributed by atoms with Crippen LogP contribution in [0, 0.1) is 6.92 Å². The standard InChI is InChI=1S/C24H25N5O3S/c1-14-10-15-11-16(4-5-20(15)29(14)24(31)25-2)27-18-6-8-26-19-12-21(33-22(18)19)23(30)28-9-7-17(13-28)32-3/h4-6,8,10-12,17H,7,9,13H2,1-3H3,(H,25,31)(H,26,27)/t17-/m1/s1. The number of methoxy groups -OCH3 is 1. The highest BCUT2D eigenvalue weighted by atomic mass is 32.1. The van der Waals surface area contributed by atoms with E-state index in [0.717, 1.165) is 44.6 Å². The Morgan fingerprint density at radius 2 is 2.06 bits per heavy atom. The minimum Gasteiger partial charge on any atom is -0.380 e. The lowest BCUT2D eigenvalue weighted by molar-refractivity contribution is 0.0728. The minimum absolute atomic E-state index is 0.0240. The molecule has 2 amide bonds. The quantitative estimate of drug-likeness (QED) is 0.470. The minimum atomic E-state index is -0.162. The Balaban J connectivity index is 1.44. The number of aromatic nitrogens is 2. The zero-order valence-corrected chi connectivity index (χ0v) is 19.5. The topological polar surface area (TPSA) is 88.5 Å². The molecule has 0 bridgehead atoms. The predicted octanol–water partition coefficient (Wildman–Crippen LogP) is 4.35. The molecule has 1 aliphatic rings. The Morgan fingerprint density at radius 3 is 2.82 bits per heavy atom.